The summed E-state index contributed by atoms with van der Waals surface area (Å²) < 4.78 is 2.08. The van der Waals surface area contributed by atoms with Crippen molar-refractivity contribution in [1.82, 2.24) is 19.6 Å². The van der Waals surface area contributed by atoms with E-state index >= 15 is 0 Å². The van der Waals surface area contributed by atoms with Crippen LogP contribution in [0.5, 0.6) is 0 Å². The van der Waals surface area contributed by atoms with Gasteiger partial charge >= 0.3 is 0 Å². The number of piperidine rings is 1. The maximum absolute atomic E-state index is 12.8. The fourth-order valence-electron chi connectivity index (χ4n) is 4.32. The van der Waals surface area contributed by atoms with Gasteiger partial charge in [0.1, 0.15) is 5.65 Å². The topological polar surface area (TPSA) is 49.6 Å². The molecule has 0 saturated carbocycles. The molecule has 5 nitrogen and oxygen atoms in total. The largest absolute Gasteiger partial charge is 0.351 e. The van der Waals surface area contributed by atoms with E-state index in [0.717, 1.165) is 71.7 Å². The number of nitrogens with one attached hydrogen (secondary N) is 1. The van der Waals surface area contributed by atoms with Gasteiger partial charge in [0.2, 0.25) is 0 Å². The molecule has 0 unspecified atom stereocenters. The zero-order chi connectivity index (χ0) is 21.2. The van der Waals surface area contributed by atoms with E-state index in [0.29, 0.717) is 5.92 Å². The molecule has 1 N–H and O–H groups in total. The number of amides is 1. The van der Waals surface area contributed by atoms with Crippen LogP contribution in [0.3, 0.4) is 0 Å². The van der Waals surface area contributed by atoms with E-state index in [9.17, 15) is 4.79 Å². The molecule has 1 saturated heterocycles. The number of carbonyl (C=O) groups is 1. The summed E-state index contributed by atoms with van der Waals surface area (Å²) in [5.41, 5.74) is 3.09. The number of halogens is 3. The number of likely N-dealkylation sites (tertiary alicyclic amines) is 1. The van der Waals surface area contributed by atoms with Crippen molar-refractivity contribution in [1.29, 1.82) is 0 Å². The number of hydrogen-bond acceptors (Lipinski definition) is 4. The van der Waals surface area contributed by atoms with Crippen molar-refractivity contribution >= 4 is 65.8 Å². The number of thioether (sulfide) groups is 1. The number of aromatic nitrogens is 2. The van der Waals surface area contributed by atoms with Crippen molar-refractivity contribution in [2.45, 2.75) is 24.3 Å². The molecular weight excluding hydrogens is 499 g/mol. The number of carbonyl (C=O) groups excluding carboxylic acids is 1. The van der Waals surface area contributed by atoms with E-state index in [2.05, 4.69) is 25.7 Å². The van der Waals surface area contributed by atoms with Gasteiger partial charge in [-0.1, -0.05) is 47.6 Å². The van der Waals surface area contributed by atoms with E-state index in [1.807, 2.05) is 48.7 Å². The normalized spacial score (nSPS) is 16.0. The standard InChI is InChI=1S/C24H25ClN4OS.2ClH/c25-20-5-2-1-4-18(20)10-13-28-11-8-17(9-12-28)15-27-24(30)21-14-19-16-26-22-6-3-7-23(31-21)29(19)22;;/h1-7,14,16-17H,8-13,15H2,(H,27,30);2*1H. The Morgan fingerprint density at radius 1 is 1.12 bits per heavy atom. The van der Waals surface area contributed by atoms with Gasteiger partial charge in [-0.2, -0.15) is 0 Å². The van der Waals surface area contributed by atoms with Crippen molar-refractivity contribution < 1.29 is 4.79 Å². The van der Waals surface area contributed by atoms with Gasteiger partial charge in [-0.3, -0.25) is 9.20 Å². The van der Waals surface area contributed by atoms with Crippen LogP contribution in [0.2, 0.25) is 5.02 Å². The molecule has 1 amide bonds. The molecular formula is C24H27Cl3N4OS. The lowest BCUT2D eigenvalue weighted by atomic mass is 9.96. The average Bonchev–Trinajstić information content (AvgIpc) is 3.22. The van der Waals surface area contributed by atoms with Crippen LogP contribution in [0.4, 0.5) is 0 Å². The monoisotopic (exact) mass is 524 g/mol. The third kappa shape index (κ3) is 5.87. The maximum atomic E-state index is 12.8. The molecule has 176 valence electrons. The van der Waals surface area contributed by atoms with Crippen LogP contribution < -0.4 is 5.32 Å². The van der Waals surface area contributed by atoms with Gasteiger partial charge in [0.15, 0.2) is 0 Å². The molecule has 0 spiro atoms. The van der Waals surface area contributed by atoms with Crippen LogP contribution in [0.15, 0.2) is 58.6 Å². The molecule has 1 aromatic carbocycles. The molecule has 9 heteroatoms. The molecule has 2 aromatic heterocycles. The summed E-state index contributed by atoms with van der Waals surface area (Å²) in [6, 6.07) is 14.1. The Labute approximate surface area is 215 Å². The van der Waals surface area contributed by atoms with Crippen molar-refractivity contribution in [2.75, 3.05) is 26.2 Å². The van der Waals surface area contributed by atoms with Crippen LogP contribution in [0, 0.1) is 5.92 Å². The average molecular weight is 526 g/mol. The first-order chi connectivity index (χ1) is 15.2. The zero-order valence-corrected chi connectivity index (χ0v) is 21.3. The summed E-state index contributed by atoms with van der Waals surface area (Å²) in [5, 5.41) is 5.05. The molecule has 33 heavy (non-hydrogen) atoms. The van der Waals surface area contributed by atoms with E-state index in [-0.39, 0.29) is 30.7 Å². The van der Waals surface area contributed by atoms with Gasteiger partial charge in [-0.15, -0.1) is 24.8 Å². The smallest absolute Gasteiger partial charge is 0.258 e. The number of rotatable bonds is 6. The third-order valence-corrected chi connectivity index (χ3v) is 7.57. The second-order valence-electron chi connectivity index (χ2n) is 8.19. The first-order valence-electron chi connectivity index (χ1n) is 10.8. The highest BCUT2D eigenvalue weighted by atomic mass is 35.5. The fraction of sp³-hybridized carbons (Fsp3) is 0.333. The van der Waals surface area contributed by atoms with Crippen molar-refractivity contribution in [2.24, 2.45) is 5.92 Å². The molecule has 0 radical (unpaired) electrons. The van der Waals surface area contributed by atoms with Crippen molar-refractivity contribution in [3.63, 3.8) is 0 Å². The van der Waals surface area contributed by atoms with Crippen LogP contribution in [-0.4, -0.2) is 46.4 Å². The molecule has 3 aromatic rings. The highest BCUT2D eigenvalue weighted by molar-refractivity contribution is 8.04. The lowest BCUT2D eigenvalue weighted by molar-refractivity contribution is -0.117. The van der Waals surface area contributed by atoms with Crippen molar-refractivity contribution in [3.05, 3.63) is 69.8 Å². The second-order valence-corrected chi connectivity index (χ2v) is 9.66. The lowest BCUT2D eigenvalue weighted by Gasteiger charge is -2.32. The highest BCUT2D eigenvalue weighted by Crippen LogP contribution is 2.34. The van der Waals surface area contributed by atoms with Crippen LogP contribution in [0.1, 0.15) is 24.1 Å². The molecule has 4 heterocycles. The van der Waals surface area contributed by atoms with Crippen LogP contribution in [-0.2, 0) is 11.2 Å². The first kappa shape index (κ1) is 25.9. The predicted molar refractivity (Wildman–Crippen MR) is 141 cm³/mol. The minimum Gasteiger partial charge on any atom is -0.351 e. The van der Waals surface area contributed by atoms with E-state index in [1.165, 1.54) is 17.3 Å². The maximum Gasteiger partial charge on any atom is 0.258 e. The number of hydrogen-bond donors (Lipinski definition) is 1. The SMILES string of the molecule is Cl.Cl.O=C(NCC1CCN(CCc2ccccc2Cl)CC1)C1=Cc2cnc3cccc(n23)S1. The number of pyridine rings is 1. The molecule has 5 rings (SSSR count). The zero-order valence-electron chi connectivity index (χ0n) is 18.1. The first-order valence-corrected chi connectivity index (χ1v) is 12.0. The summed E-state index contributed by atoms with van der Waals surface area (Å²) >= 11 is 7.78. The van der Waals surface area contributed by atoms with E-state index in [4.69, 9.17) is 11.6 Å². The van der Waals surface area contributed by atoms with Crippen molar-refractivity contribution in [3.8, 4) is 0 Å². The fourth-order valence-corrected chi connectivity index (χ4v) is 5.55. The molecule has 2 aliphatic rings. The van der Waals surface area contributed by atoms with Crippen LogP contribution >= 0.6 is 48.2 Å². The minimum absolute atomic E-state index is 0. The Morgan fingerprint density at radius 2 is 1.91 bits per heavy atom. The molecule has 1 fully saturated rings. The summed E-state index contributed by atoms with van der Waals surface area (Å²) in [4.78, 5) is 20.4. The van der Waals surface area contributed by atoms with Gasteiger partial charge in [0.25, 0.3) is 5.91 Å². The Kier molecular flexibility index (Phi) is 9.13. The third-order valence-electron chi connectivity index (χ3n) is 6.15. The minimum atomic E-state index is 0. The van der Waals surface area contributed by atoms with Gasteiger partial charge in [-0.05, 0) is 68.1 Å². The highest BCUT2D eigenvalue weighted by Gasteiger charge is 2.23. The second kappa shape index (κ2) is 11.6. The Hall–Kier alpha value is -1.70. The lowest BCUT2D eigenvalue weighted by Crippen LogP contribution is -2.39. The molecule has 0 bridgehead atoms. The van der Waals surface area contributed by atoms with Gasteiger partial charge in [0, 0.05) is 18.1 Å². The van der Waals surface area contributed by atoms with Gasteiger partial charge < -0.3 is 10.2 Å². The summed E-state index contributed by atoms with van der Waals surface area (Å²) in [6.45, 7) is 3.91. The summed E-state index contributed by atoms with van der Waals surface area (Å²) in [5.74, 6) is 0.541. The quantitative estimate of drug-likeness (QED) is 0.471. The number of benzene rings is 1. The number of nitrogens with zero attached hydrogens (tertiary/aromatic N) is 3. The van der Waals surface area contributed by atoms with Crippen LogP contribution in [0.25, 0.3) is 11.7 Å². The van der Waals surface area contributed by atoms with E-state index in [1.54, 1.807) is 0 Å². The van der Waals surface area contributed by atoms with Gasteiger partial charge in [0.05, 0.1) is 21.8 Å². The Bertz CT molecular complexity index is 1140. The van der Waals surface area contributed by atoms with Gasteiger partial charge in [-0.25, -0.2) is 4.98 Å². The molecule has 0 atom stereocenters. The predicted octanol–water partition coefficient (Wildman–Crippen LogP) is 5.35. The summed E-state index contributed by atoms with van der Waals surface area (Å²) in [7, 11) is 0. The van der Waals surface area contributed by atoms with E-state index < -0.39 is 0 Å². The Morgan fingerprint density at radius 3 is 2.70 bits per heavy atom. The number of imidazole rings is 1. The summed E-state index contributed by atoms with van der Waals surface area (Å²) in [6.07, 6.45) is 6.96. The Balaban J connectivity index is 0.00000153. The molecule has 2 aliphatic heterocycles. The molecule has 0 aliphatic carbocycles.